The molecule has 0 fully saturated rings. The average molecular weight is 318 g/mol. The van der Waals surface area contributed by atoms with Crippen molar-refractivity contribution in [1.82, 2.24) is 4.98 Å². The largest absolute Gasteiger partial charge is 0.478 e. The first-order valence-electron chi connectivity index (χ1n) is 6.47. The molecule has 0 aliphatic rings. The second-order valence-electron chi connectivity index (χ2n) is 4.73. The number of nitrogens with two attached hydrogens (primary N) is 1. The summed E-state index contributed by atoms with van der Waals surface area (Å²) in [6.45, 7) is 0.343. The lowest BCUT2D eigenvalue weighted by Gasteiger charge is -2.12. The van der Waals surface area contributed by atoms with E-state index in [2.05, 4.69) is 4.98 Å². The highest BCUT2D eigenvalue weighted by Crippen LogP contribution is 2.29. The van der Waals surface area contributed by atoms with Crippen molar-refractivity contribution in [2.45, 2.75) is 6.61 Å². The van der Waals surface area contributed by atoms with Crippen molar-refractivity contribution in [3.63, 3.8) is 0 Å². The number of nitrogens with one attached hydrogen (secondary N) is 1. The maximum Gasteiger partial charge on any atom is 0.342 e. The van der Waals surface area contributed by atoms with E-state index in [1.807, 2.05) is 0 Å². The normalized spacial score (nSPS) is 10.5. The summed E-state index contributed by atoms with van der Waals surface area (Å²) in [5.74, 6) is -3.37. The number of anilines is 1. The fourth-order valence-corrected chi connectivity index (χ4v) is 2.27. The van der Waals surface area contributed by atoms with Crippen LogP contribution in [0, 0.1) is 0 Å². The molecule has 2 rings (SSSR count). The number of hydrogen-bond donors (Lipinski definition) is 4. The van der Waals surface area contributed by atoms with Gasteiger partial charge in [-0.25, -0.2) is 9.59 Å². The molecule has 0 aliphatic carbocycles. The second-order valence-corrected chi connectivity index (χ2v) is 4.73. The van der Waals surface area contributed by atoms with E-state index in [-0.39, 0.29) is 11.1 Å². The Hall–Kier alpha value is -3.13. The summed E-state index contributed by atoms with van der Waals surface area (Å²) in [6.07, 6.45) is 0. The first-order valence-corrected chi connectivity index (χ1v) is 6.47. The summed E-state index contributed by atoms with van der Waals surface area (Å²) in [6, 6.07) is 6.32. The number of pyridine rings is 1. The first-order chi connectivity index (χ1) is 10.9. The molecule has 5 N–H and O–H groups in total. The Bertz CT molecular complexity index is 823. The van der Waals surface area contributed by atoms with E-state index >= 15 is 0 Å². The van der Waals surface area contributed by atoms with Gasteiger partial charge < -0.3 is 25.7 Å². The van der Waals surface area contributed by atoms with Crippen molar-refractivity contribution >= 4 is 17.8 Å². The van der Waals surface area contributed by atoms with Gasteiger partial charge in [0.1, 0.15) is 16.9 Å². The fraction of sp³-hybridized carbons (Fsp3) is 0.133. The minimum absolute atomic E-state index is 0.227. The predicted octanol–water partition coefficient (Wildman–Crippen LogP) is 1.17. The monoisotopic (exact) mass is 318 g/mol. The van der Waals surface area contributed by atoms with Crippen LogP contribution in [-0.4, -0.2) is 34.2 Å². The third-order valence-electron chi connectivity index (χ3n) is 3.23. The summed E-state index contributed by atoms with van der Waals surface area (Å²) in [5, 5.41) is 18.6. The minimum atomic E-state index is -1.54. The van der Waals surface area contributed by atoms with Gasteiger partial charge in [-0.05, 0) is 11.1 Å². The summed E-state index contributed by atoms with van der Waals surface area (Å²) in [4.78, 5) is 36.8. The number of hydrogen-bond acceptors (Lipinski definition) is 5. The average Bonchev–Trinajstić information content (AvgIpc) is 2.46. The van der Waals surface area contributed by atoms with Crippen LogP contribution in [0.2, 0.25) is 0 Å². The number of aromatic carboxylic acids is 2. The van der Waals surface area contributed by atoms with Crippen molar-refractivity contribution in [3.8, 4) is 11.1 Å². The Labute approximate surface area is 130 Å². The number of carboxylic acid groups (broad SMARTS) is 2. The van der Waals surface area contributed by atoms with Crippen LogP contribution in [-0.2, 0) is 11.3 Å². The van der Waals surface area contributed by atoms with Gasteiger partial charge in [-0.3, -0.25) is 4.79 Å². The molecule has 2 aromatic rings. The number of aromatic nitrogens is 1. The SMILES string of the molecule is COCc1ccc(-c2c(C(=O)O)c(N)[nH]c(=O)c2C(=O)O)cc1. The Morgan fingerprint density at radius 2 is 1.70 bits per heavy atom. The van der Waals surface area contributed by atoms with Gasteiger partial charge >= 0.3 is 11.9 Å². The smallest absolute Gasteiger partial charge is 0.342 e. The number of nitrogen functional groups attached to an aromatic ring is 1. The molecule has 8 heteroatoms. The predicted molar refractivity (Wildman–Crippen MR) is 81.5 cm³/mol. The molecule has 0 spiro atoms. The van der Waals surface area contributed by atoms with Crippen LogP contribution in [0.15, 0.2) is 29.1 Å². The molecule has 0 atom stereocenters. The molecule has 0 radical (unpaired) electrons. The molecule has 8 nitrogen and oxygen atoms in total. The van der Waals surface area contributed by atoms with Crippen LogP contribution in [0.4, 0.5) is 5.82 Å². The van der Waals surface area contributed by atoms with Gasteiger partial charge in [0.05, 0.1) is 6.61 Å². The quantitative estimate of drug-likeness (QED) is 0.648. The van der Waals surface area contributed by atoms with E-state index in [0.29, 0.717) is 6.61 Å². The lowest BCUT2D eigenvalue weighted by Crippen LogP contribution is -2.24. The highest BCUT2D eigenvalue weighted by atomic mass is 16.5. The zero-order chi connectivity index (χ0) is 17.1. The third kappa shape index (κ3) is 3.06. The maximum absolute atomic E-state index is 11.9. The molecule has 1 aromatic heterocycles. The van der Waals surface area contributed by atoms with Crippen LogP contribution in [0.5, 0.6) is 0 Å². The molecule has 0 amide bonds. The molecule has 0 bridgehead atoms. The van der Waals surface area contributed by atoms with Crippen LogP contribution in [0.3, 0.4) is 0 Å². The van der Waals surface area contributed by atoms with Gasteiger partial charge in [0.2, 0.25) is 0 Å². The summed E-state index contributed by atoms with van der Waals surface area (Å²) in [7, 11) is 1.52. The molecule has 0 saturated heterocycles. The van der Waals surface area contributed by atoms with Crippen molar-refractivity contribution < 1.29 is 24.5 Å². The number of carboxylic acids is 2. The van der Waals surface area contributed by atoms with E-state index in [1.165, 1.54) is 19.2 Å². The van der Waals surface area contributed by atoms with Crippen molar-refractivity contribution in [1.29, 1.82) is 0 Å². The lowest BCUT2D eigenvalue weighted by molar-refractivity contribution is 0.0695. The van der Waals surface area contributed by atoms with E-state index in [9.17, 15) is 24.6 Å². The number of methoxy groups -OCH3 is 1. The van der Waals surface area contributed by atoms with Gasteiger partial charge in [-0.2, -0.15) is 0 Å². The van der Waals surface area contributed by atoms with Crippen LogP contribution in [0.1, 0.15) is 26.3 Å². The Morgan fingerprint density at radius 1 is 1.13 bits per heavy atom. The van der Waals surface area contributed by atoms with Crippen molar-refractivity contribution in [2.24, 2.45) is 0 Å². The standard InChI is InChI=1S/C15H14N2O6/c1-23-6-7-2-4-8(5-3-7)9-10(14(19)20)12(16)17-13(18)11(9)15(21)22/h2-5H,6H2,1H3,(H,19,20)(H,21,22)(H3,16,17,18). The lowest BCUT2D eigenvalue weighted by atomic mass is 9.95. The van der Waals surface area contributed by atoms with E-state index < -0.39 is 34.4 Å². The topological polar surface area (TPSA) is 143 Å². The van der Waals surface area contributed by atoms with Gasteiger partial charge in [0.15, 0.2) is 0 Å². The molecular weight excluding hydrogens is 304 g/mol. The zero-order valence-corrected chi connectivity index (χ0v) is 12.1. The Morgan fingerprint density at radius 3 is 2.17 bits per heavy atom. The number of carbonyl (C=O) groups is 2. The third-order valence-corrected chi connectivity index (χ3v) is 3.23. The number of ether oxygens (including phenoxy) is 1. The summed E-state index contributed by atoms with van der Waals surface area (Å²) < 4.78 is 4.97. The molecule has 120 valence electrons. The van der Waals surface area contributed by atoms with Gasteiger partial charge in [0.25, 0.3) is 5.56 Å². The van der Waals surface area contributed by atoms with Gasteiger partial charge in [-0.1, -0.05) is 24.3 Å². The number of benzene rings is 1. The van der Waals surface area contributed by atoms with Crippen molar-refractivity contribution in [3.05, 3.63) is 51.3 Å². The molecule has 0 aliphatic heterocycles. The summed E-state index contributed by atoms with van der Waals surface area (Å²) >= 11 is 0. The van der Waals surface area contributed by atoms with Crippen LogP contribution < -0.4 is 11.3 Å². The first kappa shape index (κ1) is 16.2. The van der Waals surface area contributed by atoms with Crippen LogP contribution in [0.25, 0.3) is 11.1 Å². The van der Waals surface area contributed by atoms with Crippen molar-refractivity contribution in [2.75, 3.05) is 12.8 Å². The van der Waals surface area contributed by atoms with E-state index in [1.54, 1.807) is 12.1 Å². The highest BCUT2D eigenvalue weighted by molar-refractivity contribution is 6.07. The Kier molecular flexibility index (Phi) is 4.47. The highest BCUT2D eigenvalue weighted by Gasteiger charge is 2.26. The zero-order valence-electron chi connectivity index (χ0n) is 12.1. The molecule has 0 unspecified atom stereocenters. The number of H-pyrrole nitrogens is 1. The second kappa shape index (κ2) is 6.32. The molecular formula is C15H14N2O6. The molecule has 1 aromatic carbocycles. The fourth-order valence-electron chi connectivity index (χ4n) is 2.27. The van der Waals surface area contributed by atoms with E-state index in [0.717, 1.165) is 5.56 Å². The van der Waals surface area contributed by atoms with E-state index in [4.69, 9.17) is 10.5 Å². The molecule has 23 heavy (non-hydrogen) atoms. The Balaban J connectivity index is 2.79. The minimum Gasteiger partial charge on any atom is -0.478 e. The summed E-state index contributed by atoms with van der Waals surface area (Å²) in [5.41, 5.74) is 4.31. The number of aromatic amines is 1. The maximum atomic E-state index is 11.9. The number of rotatable bonds is 5. The molecule has 0 saturated carbocycles. The van der Waals surface area contributed by atoms with Crippen LogP contribution >= 0.6 is 0 Å². The van der Waals surface area contributed by atoms with Gasteiger partial charge in [-0.15, -0.1) is 0 Å². The molecule has 1 heterocycles. The van der Waals surface area contributed by atoms with Gasteiger partial charge in [0, 0.05) is 12.7 Å².